The van der Waals surface area contributed by atoms with Gasteiger partial charge in [-0.05, 0) is 52.9 Å². The molecular weight excluding hydrogens is 438 g/mol. The van der Waals surface area contributed by atoms with Crippen LogP contribution in [0.4, 0.5) is 9.59 Å². The molecule has 34 heavy (non-hydrogen) atoms. The Balaban J connectivity index is 0.000000375. The van der Waals surface area contributed by atoms with Crippen LogP contribution in [0, 0.1) is 0 Å². The first-order valence-corrected chi connectivity index (χ1v) is 12.6. The van der Waals surface area contributed by atoms with Crippen molar-refractivity contribution in [1.29, 1.82) is 0 Å². The summed E-state index contributed by atoms with van der Waals surface area (Å²) in [7, 11) is 0. The van der Waals surface area contributed by atoms with Crippen molar-refractivity contribution in [1.82, 2.24) is 16.0 Å². The van der Waals surface area contributed by atoms with E-state index in [1.165, 1.54) is 70.3 Å². The molecular formula is C25H45N3O6. The lowest BCUT2D eigenvalue weighted by Crippen LogP contribution is -2.45. The van der Waals surface area contributed by atoms with Gasteiger partial charge in [0.2, 0.25) is 0 Å². The Kier molecular flexibility index (Phi) is 14.3. The number of carboxylic acids is 1. The largest absolute Gasteiger partial charge is 0.480 e. The van der Waals surface area contributed by atoms with Gasteiger partial charge in [-0.2, -0.15) is 0 Å². The van der Waals surface area contributed by atoms with E-state index in [4.69, 9.17) is 9.84 Å². The Labute approximate surface area is 204 Å². The lowest BCUT2D eigenvalue weighted by molar-refractivity contribution is -0.139. The number of carboxylic acid groups (broad SMARTS) is 1. The summed E-state index contributed by atoms with van der Waals surface area (Å²) in [6.45, 7) is 8.47. The standard InChI is InChI=1S/C13H22N2O6.C12H23N/c1-5-8-20-11(18)14-7-6-9(10(16)17)15-12(19)21-13(2,3)4;1-3-7-11(8-4-1)13-12-9-5-2-6-10-12/h5,9H,1,6-8H2,2-4H3,(H,14,18)(H,15,19)(H,16,17);11-13H,1-10H2. The van der Waals surface area contributed by atoms with Crippen LogP contribution < -0.4 is 16.0 Å². The fraction of sp³-hybridized carbons (Fsp3) is 0.800. The van der Waals surface area contributed by atoms with Gasteiger partial charge in [-0.1, -0.05) is 51.2 Å². The Bertz CT molecular complexity index is 607. The molecule has 196 valence electrons. The van der Waals surface area contributed by atoms with Crippen molar-refractivity contribution in [3.05, 3.63) is 12.7 Å². The number of ether oxygens (including phenoxy) is 2. The molecule has 4 N–H and O–H groups in total. The maximum Gasteiger partial charge on any atom is 0.408 e. The number of nitrogens with one attached hydrogen (secondary N) is 3. The normalized spacial score (nSPS) is 18.0. The topological polar surface area (TPSA) is 126 Å². The molecule has 0 saturated heterocycles. The summed E-state index contributed by atoms with van der Waals surface area (Å²) in [5.41, 5.74) is -0.722. The zero-order valence-electron chi connectivity index (χ0n) is 21.2. The molecule has 0 aliphatic heterocycles. The third-order valence-corrected chi connectivity index (χ3v) is 5.71. The number of hydrogen-bond acceptors (Lipinski definition) is 6. The minimum absolute atomic E-state index is 0.00222. The quantitative estimate of drug-likeness (QED) is 0.356. The molecule has 1 unspecified atom stereocenters. The summed E-state index contributed by atoms with van der Waals surface area (Å²) in [6.07, 6.45) is 14.5. The summed E-state index contributed by atoms with van der Waals surface area (Å²) in [5.74, 6) is -1.22. The first-order valence-electron chi connectivity index (χ1n) is 12.6. The van der Waals surface area contributed by atoms with Crippen LogP contribution in [0.25, 0.3) is 0 Å². The molecule has 0 aromatic carbocycles. The summed E-state index contributed by atoms with van der Waals surface area (Å²) in [5, 5.41) is 17.4. The Morgan fingerprint density at radius 3 is 1.94 bits per heavy atom. The number of aliphatic carboxylic acids is 1. The van der Waals surface area contributed by atoms with Gasteiger partial charge >= 0.3 is 18.2 Å². The highest BCUT2D eigenvalue weighted by molar-refractivity contribution is 5.80. The molecule has 2 fully saturated rings. The molecule has 2 amide bonds. The van der Waals surface area contributed by atoms with Crippen molar-refractivity contribution < 1.29 is 29.0 Å². The molecule has 2 rings (SSSR count). The minimum Gasteiger partial charge on any atom is -0.480 e. The summed E-state index contributed by atoms with van der Waals surface area (Å²) in [6, 6.07) is 0.577. The van der Waals surface area contributed by atoms with E-state index in [1.807, 2.05) is 0 Å². The number of rotatable bonds is 9. The first-order chi connectivity index (χ1) is 16.1. The van der Waals surface area contributed by atoms with Crippen molar-refractivity contribution in [3.8, 4) is 0 Å². The molecule has 0 bridgehead atoms. The van der Waals surface area contributed by atoms with Crippen LogP contribution in [0.15, 0.2) is 12.7 Å². The van der Waals surface area contributed by atoms with Crippen LogP contribution >= 0.6 is 0 Å². The van der Waals surface area contributed by atoms with Gasteiger partial charge in [0.15, 0.2) is 0 Å². The van der Waals surface area contributed by atoms with Gasteiger partial charge in [0.25, 0.3) is 0 Å². The molecule has 0 spiro atoms. The average molecular weight is 484 g/mol. The highest BCUT2D eigenvalue weighted by Crippen LogP contribution is 2.22. The van der Waals surface area contributed by atoms with Crippen LogP contribution in [-0.4, -0.2) is 60.1 Å². The molecule has 2 saturated carbocycles. The molecule has 0 aromatic heterocycles. The van der Waals surface area contributed by atoms with Gasteiger partial charge in [0.05, 0.1) is 0 Å². The van der Waals surface area contributed by atoms with E-state index in [-0.39, 0.29) is 19.6 Å². The van der Waals surface area contributed by atoms with Gasteiger partial charge in [0, 0.05) is 18.6 Å². The van der Waals surface area contributed by atoms with Crippen LogP contribution in [0.3, 0.4) is 0 Å². The Morgan fingerprint density at radius 2 is 1.50 bits per heavy atom. The minimum atomic E-state index is -1.22. The second-order valence-corrected chi connectivity index (χ2v) is 9.98. The van der Waals surface area contributed by atoms with Gasteiger partial charge in [0.1, 0.15) is 18.2 Å². The summed E-state index contributed by atoms with van der Waals surface area (Å²) in [4.78, 5) is 33.6. The number of hydrogen-bond donors (Lipinski definition) is 4. The van der Waals surface area contributed by atoms with Crippen LogP contribution in [0.5, 0.6) is 0 Å². The Morgan fingerprint density at radius 1 is 0.971 bits per heavy atom. The predicted molar refractivity (Wildman–Crippen MR) is 132 cm³/mol. The molecule has 9 heteroatoms. The SMILES string of the molecule is C1CCC(NC2CCCCC2)CC1.C=CCOC(=O)NCCC(NC(=O)OC(C)(C)C)C(=O)O. The van der Waals surface area contributed by atoms with E-state index in [0.29, 0.717) is 0 Å². The summed E-state index contributed by atoms with van der Waals surface area (Å²) >= 11 is 0. The second-order valence-electron chi connectivity index (χ2n) is 9.98. The van der Waals surface area contributed by atoms with Crippen molar-refractivity contribution in [2.24, 2.45) is 0 Å². The van der Waals surface area contributed by atoms with E-state index in [9.17, 15) is 14.4 Å². The van der Waals surface area contributed by atoms with Crippen molar-refractivity contribution in [2.45, 2.75) is 115 Å². The first kappa shape index (κ1) is 29.7. The fourth-order valence-corrected chi connectivity index (χ4v) is 4.08. The molecule has 0 aromatic rings. The molecule has 0 heterocycles. The fourth-order valence-electron chi connectivity index (χ4n) is 4.08. The zero-order chi connectivity index (χ0) is 25.4. The zero-order valence-corrected chi connectivity index (χ0v) is 21.2. The van der Waals surface area contributed by atoms with Gasteiger partial charge in [-0.25, -0.2) is 14.4 Å². The highest BCUT2D eigenvalue weighted by atomic mass is 16.6. The second kappa shape index (κ2) is 16.4. The smallest absolute Gasteiger partial charge is 0.408 e. The monoisotopic (exact) mass is 483 g/mol. The van der Waals surface area contributed by atoms with Gasteiger partial charge < -0.3 is 30.5 Å². The average Bonchev–Trinajstić information content (AvgIpc) is 2.77. The molecule has 2 aliphatic carbocycles. The lowest BCUT2D eigenvalue weighted by atomic mass is 9.91. The number of carbonyl (C=O) groups is 3. The number of amides is 2. The predicted octanol–water partition coefficient (Wildman–Crippen LogP) is 4.51. The van der Waals surface area contributed by atoms with Crippen LogP contribution in [0.1, 0.15) is 91.4 Å². The lowest BCUT2D eigenvalue weighted by Gasteiger charge is -2.30. The molecule has 0 radical (unpaired) electrons. The maximum atomic E-state index is 11.5. The highest BCUT2D eigenvalue weighted by Gasteiger charge is 2.24. The number of carbonyl (C=O) groups excluding carboxylic acids is 2. The van der Waals surface area contributed by atoms with Gasteiger partial charge in [-0.3, -0.25) is 0 Å². The van der Waals surface area contributed by atoms with Crippen LogP contribution in [-0.2, 0) is 14.3 Å². The third kappa shape index (κ3) is 14.8. The molecule has 2 aliphatic rings. The van der Waals surface area contributed by atoms with E-state index in [2.05, 4.69) is 27.3 Å². The maximum absolute atomic E-state index is 11.5. The van der Waals surface area contributed by atoms with E-state index in [1.54, 1.807) is 20.8 Å². The van der Waals surface area contributed by atoms with Crippen molar-refractivity contribution >= 4 is 18.2 Å². The number of alkyl carbamates (subject to hydrolysis) is 2. The summed E-state index contributed by atoms with van der Waals surface area (Å²) < 4.78 is 9.62. The van der Waals surface area contributed by atoms with Crippen molar-refractivity contribution in [3.63, 3.8) is 0 Å². The van der Waals surface area contributed by atoms with Crippen molar-refractivity contribution in [2.75, 3.05) is 13.2 Å². The van der Waals surface area contributed by atoms with E-state index >= 15 is 0 Å². The van der Waals surface area contributed by atoms with Gasteiger partial charge in [-0.15, -0.1) is 0 Å². The third-order valence-electron chi connectivity index (χ3n) is 5.71. The molecule has 9 nitrogen and oxygen atoms in total. The van der Waals surface area contributed by atoms with E-state index in [0.717, 1.165) is 12.1 Å². The Hall–Kier alpha value is -2.29. The van der Waals surface area contributed by atoms with E-state index < -0.39 is 29.8 Å². The molecule has 1 atom stereocenters. The van der Waals surface area contributed by atoms with Crippen LogP contribution in [0.2, 0.25) is 0 Å².